The van der Waals surface area contributed by atoms with Crippen LogP contribution in [-0.2, 0) is 23.7 Å². The number of thioether (sulfide) groups is 1. The van der Waals surface area contributed by atoms with Crippen molar-refractivity contribution >= 4 is 23.4 Å². The van der Waals surface area contributed by atoms with Gasteiger partial charge < -0.3 is 14.8 Å². The normalized spacial score (nSPS) is 15.4. The van der Waals surface area contributed by atoms with Crippen molar-refractivity contribution in [1.29, 1.82) is 0 Å². The Kier molecular flexibility index (Phi) is 7.39. The second-order valence-corrected chi connectivity index (χ2v) is 8.68. The molecule has 2 heterocycles. The lowest BCUT2D eigenvalue weighted by atomic mass is 10.1. The maximum Gasteiger partial charge on any atom is 0.416 e. The zero-order valence-electron chi connectivity index (χ0n) is 18.8. The Hall–Kier alpha value is -3.68. The number of amides is 1. The number of halogens is 6. The van der Waals surface area contributed by atoms with Gasteiger partial charge >= 0.3 is 12.4 Å². The first-order valence-electron chi connectivity index (χ1n) is 10.6. The van der Waals surface area contributed by atoms with Crippen molar-refractivity contribution in [1.82, 2.24) is 14.8 Å². The number of rotatable bonds is 7. The molecule has 0 saturated heterocycles. The largest absolute Gasteiger partial charge is 0.485 e. The Morgan fingerprint density at radius 2 is 1.73 bits per heavy atom. The number of aromatic nitrogens is 3. The number of carbonyl (C=O) groups is 1. The highest BCUT2D eigenvalue weighted by atomic mass is 32.2. The van der Waals surface area contributed by atoms with Crippen LogP contribution >= 0.6 is 11.8 Å². The van der Waals surface area contributed by atoms with Crippen LogP contribution in [0.25, 0.3) is 0 Å². The van der Waals surface area contributed by atoms with Crippen molar-refractivity contribution in [3.8, 4) is 11.5 Å². The van der Waals surface area contributed by atoms with Gasteiger partial charge in [-0.05, 0) is 30.3 Å². The number of fused-ring (bicyclic) bond motifs is 1. The van der Waals surface area contributed by atoms with Crippen LogP contribution in [0.2, 0.25) is 0 Å². The molecule has 7 nitrogen and oxygen atoms in total. The predicted octanol–water partition coefficient (Wildman–Crippen LogP) is 5.75. The summed E-state index contributed by atoms with van der Waals surface area (Å²) in [7, 11) is 0. The lowest BCUT2D eigenvalue weighted by Crippen LogP contribution is -2.25. The Labute approximate surface area is 210 Å². The number of anilines is 1. The molecule has 0 spiro atoms. The third kappa shape index (κ3) is 6.18. The Morgan fingerprint density at radius 1 is 1.08 bits per heavy atom. The SMILES string of the molecule is C=CCn1c(SCC(=O)Nc2cc(C(F)(F)F)cc(C(F)(F)F)c2)nnc1[C@@H]1COc2ccccc2O1. The average Bonchev–Trinajstić information content (AvgIpc) is 3.24. The molecule has 4 rings (SSSR count). The van der Waals surface area contributed by atoms with E-state index >= 15 is 0 Å². The smallest absolute Gasteiger partial charge is 0.416 e. The van der Waals surface area contributed by atoms with E-state index in [0.717, 1.165) is 11.8 Å². The Morgan fingerprint density at radius 3 is 2.35 bits per heavy atom. The third-order valence-electron chi connectivity index (χ3n) is 5.06. The summed E-state index contributed by atoms with van der Waals surface area (Å²) in [4.78, 5) is 12.4. The minimum absolute atomic E-state index is 0.0147. The van der Waals surface area contributed by atoms with Crippen LogP contribution in [0, 0.1) is 0 Å². The van der Waals surface area contributed by atoms with Crippen molar-refractivity contribution in [2.45, 2.75) is 30.2 Å². The van der Waals surface area contributed by atoms with Crippen LogP contribution in [0.4, 0.5) is 32.0 Å². The van der Waals surface area contributed by atoms with Gasteiger partial charge in [0.15, 0.2) is 28.6 Å². The molecule has 0 unspecified atom stereocenters. The minimum Gasteiger partial charge on any atom is -0.485 e. The number of alkyl halides is 6. The van der Waals surface area contributed by atoms with Crippen LogP contribution in [0.3, 0.4) is 0 Å². The van der Waals surface area contributed by atoms with Crippen molar-refractivity contribution in [3.63, 3.8) is 0 Å². The number of hydrogen-bond acceptors (Lipinski definition) is 6. The number of hydrogen-bond donors (Lipinski definition) is 1. The maximum absolute atomic E-state index is 13.1. The third-order valence-corrected chi connectivity index (χ3v) is 6.02. The molecule has 37 heavy (non-hydrogen) atoms. The van der Waals surface area contributed by atoms with Crippen molar-refractivity contribution in [3.05, 3.63) is 72.1 Å². The van der Waals surface area contributed by atoms with Gasteiger partial charge in [-0.2, -0.15) is 26.3 Å². The van der Waals surface area contributed by atoms with Gasteiger partial charge in [0.25, 0.3) is 0 Å². The van der Waals surface area contributed by atoms with Crippen LogP contribution in [0.1, 0.15) is 23.1 Å². The predicted molar refractivity (Wildman–Crippen MR) is 121 cm³/mol. The molecule has 1 aliphatic rings. The van der Waals surface area contributed by atoms with Gasteiger partial charge in [-0.1, -0.05) is 30.0 Å². The highest BCUT2D eigenvalue weighted by Crippen LogP contribution is 2.38. The van der Waals surface area contributed by atoms with Gasteiger partial charge in [-0.3, -0.25) is 9.36 Å². The van der Waals surface area contributed by atoms with E-state index in [-0.39, 0.29) is 30.1 Å². The molecular formula is C23H18F6N4O3S. The fraction of sp³-hybridized carbons (Fsp3) is 0.261. The van der Waals surface area contributed by atoms with E-state index in [2.05, 4.69) is 22.1 Å². The summed E-state index contributed by atoms with van der Waals surface area (Å²) in [6, 6.07) is 7.92. The van der Waals surface area contributed by atoms with E-state index in [4.69, 9.17) is 9.47 Å². The molecule has 0 aliphatic carbocycles. The molecule has 0 saturated carbocycles. The van der Waals surface area contributed by atoms with E-state index in [0.29, 0.717) is 29.5 Å². The number of nitrogens with zero attached hydrogens (tertiary/aromatic N) is 3. The molecule has 1 N–H and O–H groups in total. The summed E-state index contributed by atoms with van der Waals surface area (Å²) >= 11 is 0.893. The maximum atomic E-state index is 13.1. The van der Waals surface area contributed by atoms with Crippen LogP contribution < -0.4 is 14.8 Å². The molecule has 1 amide bonds. The first-order valence-corrected chi connectivity index (χ1v) is 11.6. The van der Waals surface area contributed by atoms with E-state index in [1.807, 2.05) is 0 Å². The molecule has 196 valence electrons. The molecule has 1 aromatic heterocycles. The lowest BCUT2D eigenvalue weighted by molar-refractivity contribution is -0.143. The number of carbonyl (C=O) groups excluding carboxylic acids is 1. The molecule has 2 aromatic carbocycles. The van der Waals surface area contributed by atoms with Gasteiger partial charge in [-0.15, -0.1) is 16.8 Å². The fourth-order valence-corrected chi connectivity index (χ4v) is 4.20. The van der Waals surface area contributed by atoms with E-state index < -0.39 is 41.2 Å². The summed E-state index contributed by atoms with van der Waals surface area (Å²) in [5.41, 5.74) is -3.69. The summed E-state index contributed by atoms with van der Waals surface area (Å²) in [6.45, 7) is 4.08. The Bertz CT molecular complexity index is 1280. The van der Waals surface area contributed by atoms with Gasteiger partial charge in [0, 0.05) is 12.2 Å². The topological polar surface area (TPSA) is 78.3 Å². The zero-order chi connectivity index (χ0) is 26.8. The molecule has 0 radical (unpaired) electrons. The van der Waals surface area contributed by atoms with Gasteiger partial charge in [0.1, 0.15) is 6.61 Å². The van der Waals surface area contributed by atoms with Gasteiger partial charge in [-0.25, -0.2) is 0 Å². The second-order valence-electron chi connectivity index (χ2n) is 7.74. The summed E-state index contributed by atoms with van der Waals surface area (Å²) in [5.74, 6) is 0.281. The lowest BCUT2D eigenvalue weighted by Gasteiger charge is -2.26. The molecule has 1 atom stereocenters. The number of ether oxygens (including phenoxy) is 2. The van der Waals surface area contributed by atoms with Gasteiger partial charge in [0.05, 0.1) is 16.9 Å². The van der Waals surface area contributed by atoms with Crippen LogP contribution in [0.5, 0.6) is 11.5 Å². The van der Waals surface area contributed by atoms with E-state index in [1.54, 1.807) is 34.9 Å². The van der Waals surface area contributed by atoms with Crippen LogP contribution in [0.15, 0.2) is 60.3 Å². The molecular weight excluding hydrogens is 526 g/mol. The van der Waals surface area contributed by atoms with Crippen molar-refractivity contribution < 1.29 is 40.6 Å². The number of nitrogens with one attached hydrogen (secondary N) is 1. The number of benzene rings is 2. The zero-order valence-corrected chi connectivity index (χ0v) is 19.6. The Balaban J connectivity index is 1.48. The number of allylic oxidation sites excluding steroid dienone is 1. The first kappa shape index (κ1) is 26.4. The highest BCUT2D eigenvalue weighted by molar-refractivity contribution is 7.99. The molecule has 3 aromatic rings. The van der Waals surface area contributed by atoms with E-state index in [9.17, 15) is 31.1 Å². The number of para-hydroxylation sites is 2. The summed E-state index contributed by atoms with van der Waals surface area (Å²) in [6.07, 6.45) is -9.11. The van der Waals surface area contributed by atoms with Crippen molar-refractivity contribution in [2.75, 3.05) is 17.7 Å². The summed E-state index contributed by atoms with van der Waals surface area (Å²) < 4.78 is 91.7. The minimum atomic E-state index is -5.03. The highest BCUT2D eigenvalue weighted by Gasteiger charge is 2.37. The molecule has 0 bridgehead atoms. The second kappa shape index (κ2) is 10.4. The average molecular weight is 544 g/mol. The quantitative estimate of drug-likeness (QED) is 0.232. The van der Waals surface area contributed by atoms with Crippen molar-refractivity contribution in [2.24, 2.45) is 0 Å². The molecule has 0 fully saturated rings. The van der Waals surface area contributed by atoms with Crippen LogP contribution in [-0.4, -0.2) is 33.0 Å². The first-order chi connectivity index (χ1) is 17.5. The molecule has 1 aliphatic heterocycles. The van der Waals surface area contributed by atoms with Gasteiger partial charge in [0.2, 0.25) is 5.91 Å². The standard InChI is InChI=1S/C23H18F6N4O3S/c1-2-7-33-20(18-11-35-16-5-3-4-6-17(16)36-18)31-32-21(33)37-12-19(34)30-15-9-13(22(24,25)26)8-14(10-15)23(27,28)29/h2-6,8-10,18H,1,7,11-12H2,(H,30,34)/t18-/m0/s1. The van der Waals surface area contributed by atoms with E-state index in [1.165, 1.54) is 0 Å². The fourth-order valence-electron chi connectivity index (χ4n) is 3.45. The molecule has 14 heteroatoms. The summed E-state index contributed by atoms with van der Waals surface area (Å²) in [5, 5.41) is 10.5. The monoisotopic (exact) mass is 544 g/mol.